The summed E-state index contributed by atoms with van der Waals surface area (Å²) in [4.78, 5) is 25.1. The van der Waals surface area contributed by atoms with Crippen molar-refractivity contribution in [1.82, 2.24) is 9.97 Å². The van der Waals surface area contributed by atoms with E-state index in [2.05, 4.69) is 20.0 Å². The Labute approximate surface area is 74.3 Å². The zero-order valence-electron chi connectivity index (χ0n) is 7.06. The molecule has 0 bridgehead atoms. The van der Waals surface area contributed by atoms with E-state index in [0.29, 0.717) is 0 Å². The van der Waals surface area contributed by atoms with E-state index in [-0.39, 0.29) is 11.7 Å². The Balaban J connectivity index is 2.50. The highest BCUT2D eigenvalue weighted by molar-refractivity contribution is 5.83. The molecule has 0 radical (unpaired) electrons. The van der Waals surface area contributed by atoms with Crippen LogP contribution in [0.15, 0.2) is 21.0 Å². The molecule has 1 unspecified atom stereocenters. The maximum Gasteiger partial charge on any atom is 0.345 e. The van der Waals surface area contributed by atoms with E-state index in [1.165, 1.54) is 12.5 Å². The number of aromatic amines is 1. The molecule has 2 rings (SSSR count). The summed E-state index contributed by atoms with van der Waals surface area (Å²) in [7, 11) is 0. The van der Waals surface area contributed by atoms with Crippen LogP contribution in [-0.2, 0) is 0 Å². The second-order valence-corrected chi connectivity index (χ2v) is 2.79. The van der Waals surface area contributed by atoms with Gasteiger partial charge >= 0.3 is 5.69 Å². The first kappa shape index (κ1) is 7.85. The maximum absolute atomic E-state index is 10.9. The number of aliphatic imine (C=N–C) groups is 2. The van der Waals surface area contributed by atoms with Crippen molar-refractivity contribution in [2.45, 2.75) is 13.0 Å². The van der Waals surface area contributed by atoms with Gasteiger partial charge in [-0.3, -0.25) is 4.99 Å². The van der Waals surface area contributed by atoms with E-state index < -0.39 is 0 Å². The summed E-state index contributed by atoms with van der Waals surface area (Å²) in [5.41, 5.74) is 1.32. The molecule has 0 saturated carbocycles. The maximum atomic E-state index is 10.9. The molecule has 5 nitrogen and oxygen atoms in total. The van der Waals surface area contributed by atoms with Gasteiger partial charge in [-0.2, -0.15) is 0 Å². The number of hydrogen-bond acceptors (Lipinski definition) is 4. The molecule has 1 aromatic rings. The molecule has 0 fully saturated rings. The molecular formula is C8H8N4O. The van der Waals surface area contributed by atoms with E-state index >= 15 is 0 Å². The Kier molecular flexibility index (Phi) is 1.77. The zero-order valence-corrected chi connectivity index (χ0v) is 7.06. The molecule has 1 N–H and O–H groups in total. The molecule has 13 heavy (non-hydrogen) atoms. The third kappa shape index (κ3) is 1.40. The molecular weight excluding hydrogens is 168 g/mol. The first-order valence-corrected chi connectivity index (χ1v) is 3.88. The Morgan fingerprint density at radius 3 is 3.08 bits per heavy atom. The molecule has 2 heterocycles. The van der Waals surface area contributed by atoms with Crippen LogP contribution in [0.4, 0.5) is 0 Å². The van der Waals surface area contributed by atoms with E-state index in [1.807, 2.05) is 6.92 Å². The van der Waals surface area contributed by atoms with E-state index in [4.69, 9.17) is 0 Å². The van der Waals surface area contributed by atoms with Crippen LogP contribution >= 0.6 is 0 Å². The van der Waals surface area contributed by atoms with Gasteiger partial charge in [0, 0.05) is 12.4 Å². The van der Waals surface area contributed by atoms with Gasteiger partial charge in [0.2, 0.25) is 0 Å². The number of hydrogen-bond donors (Lipinski definition) is 1. The van der Waals surface area contributed by atoms with Crippen molar-refractivity contribution in [2.24, 2.45) is 9.98 Å². The van der Waals surface area contributed by atoms with Crippen molar-refractivity contribution in [1.29, 1.82) is 0 Å². The average Bonchev–Trinajstić information content (AvgIpc) is 2.61. The van der Waals surface area contributed by atoms with Crippen molar-refractivity contribution in [3.8, 4) is 0 Å². The largest absolute Gasteiger partial charge is 0.345 e. The van der Waals surface area contributed by atoms with Crippen LogP contribution in [-0.4, -0.2) is 22.5 Å². The molecule has 1 aliphatic rings. The highest BCUT2D eigenvalue weighted by Crippen LogP contribution is 2.16. The Hall–Kier alpha value is -1.78. The predicted octanol–water partition coefficient (Wildman–Crippen LogP) is 0.232. The molecule has 0 amide bonds. The van der Waals surface area contributed by atoms with Gasteiger partial charge in [-0.05, 0) is 12.5 Å². The fourth-order valence-electron chi connectivity index (χ4n) is 1.20. The number of nitrogens with one attached hydrogen (secondary N) is 1. The van der Waals surface area contributed by atoms with Gasteiger partial charge in [0.15, 0.2) is 0 Å². The average molecular weight is 176 g/mol. The van der Waals surface area contributed by atoms with Crippen molar-refractivity contribution in [3.63, 3.8) is 0 Å². The van der Waals surface area contributed by atoms with Crippen molar-refractivity contribution in [2.75, 3.05) is 0 Å². The minimum Gasteiger partial charge on any atom is -0.307 e. The lowest BCUT2D eigenvalue weighted by molar-refractivity contribution is 0.877. The summed E-state index contributed by atoms with van der Waals surface area (Å²) in [5.74, 6) is 0. The summed E-state index contributed by atoms with van der Waals surface area (Å²) < 4.78 is 0. The van der Waals surface area contributed by atoms with Crippen molar-refractivity contribution in [3.05, 3.63) is 27.9 Å². The zero-order chi connectivity index (χ0) is 9.26. The minimum atomic E-state index is -0.351. The lowest BCUT2D eigenvalue weighted by Crippen LogP contribution is -2.15. The molecule has 1 aliphatic heterocycles. The summed E-state index contributed by atoms with van der Waals surface area (Å²) in [6.45, 7) is 1.87. The van der Waals surface area contributed by atoms with E-state index in [1.54, 1.807) is 6.21 Å². The first-order valence-electron chi connectivity index (χ1n) is 3.88. The molecule has 5 heteroatoms. The quantitative estimate of drug-likeness (QED) is 0.665. The fourth-order valence-corrected chi connectivity index (χ4v) is 1.20. The molecule has 0 aromatic carbocycles. The second kappa shape index (κ2) is 2.93. The lowest BCUT2D eigenvalue weighted by Gasteiger charge is -2.05. The van der Waals surface area contributed by atoms with Crippen molar-refractivity contribution < 1.29 is 0 Å². The topological polar surface area (TPSA) is 70.5 Å². The highest BCUT2D eigenvalue weighted by atomic mass is 16.1. The van der Waals surface area contributed by atoms with E-state index in [0.717, 1.165) is 11.3 Å². The normalized spacial score (nSPS) is 19.6. The third-order valence-corrected chi connectivity index (χ3v) is 1.86. The standard InChI is InChI=1S/C8H8N4O/c1-5-2-10-8(13)12-7(5)6-3-9-4-11-6/h2-4,6H,1H3,(H,10,12,13). The van der Waals surface area contributed by atoms with Gasteiger partial charge in [-0.15, -0.1) is 0 Å². The van der Waals surface area contributed by atoms with Gasteiger partial charge in [0.1, 0.15) is 12.4 Å². The van der Waals surface area contributed by atoms with Gasteiger partial charge in [0.05, 0.1) is 5.69 Å². The highest BCUT2D eigenvalue weighted by Gasteiger charge is 2.13. The third-order valence-electron chi connectivity index (χ3n) is 1.86. The molecule has 0 saturated heterocycles. The Morgan fingerprint density at radius 2 is 2.38 bits per heavy atom. The Bertz CT molecular complexity index is 420. The van der Waals surface area contributed by atoms with Crippen LogP contribution in [0.25, 0.3) is 0 Å². The van der Waals surface area contributed by atoms with Gasteiger partial charge < -0.3 is 4.98 Å². The van der Waals surface area contributed by atoms with Gasteiger partial charge in [0.25, 0.3) is 0 Å². The van der Waals surface area contributed by atoms with Crippen LogP contribution in [0.3, 0.4) is 0 Å². The molecule has 1 atom stereocenters. The first-order chi connectivity index (χ1) is 6.27. The molecule has 0 spiro atoms. The van der Waals surface area contributed by atoms with E-state index in [9.17, 15) is 4.79 Å². The van der Waals surface area contributed by atoms with Crippen LogP contribution in [0.1, 0.15) is 17.3 Å². The molecule has 66 valence electrons. The summed E-state index contributed by atoms with van der Waals surface area (Å²) >= 11 is 0. The monoisotopic (exact) mass is 176 g/mol. The van der Waals surface area contributed by atoms with Crippen molar-refractivity contribution >= 4 is 12.6 Å². The number of rotatable bonds is 1. The fraction of sp³-hybridized carbons (Fsp3) is 0.250. The number of aromatic nitrogens is 2. The predicted molar refractivity (Wildman–Crippen MR) is 49.3 cm³/mol. The number of aryl methyl sites for hydroxylation is 1. The van der Waals surface area contributed by atoms with Crippen LogP contribution in [0, 0.1) is 6.92 Å². The molecule has 0 aliphatic carbocycles. The summed E-state index contributed by atoms with van der Waals surface area (Å²) in [6.07, 6.45) is 4.69. The minimum absolute atomic E-state index is 0.157. The number of nitrogens with zero attached hydrogens (tertiary/aromatic N) is 3. The summed E-state index contributed by atoms with van der Waals surface area (Å²) in [6, 6.07) is -0.157. The second-order valence-electron chi connectivity index (χ2n) is 2.79. The summed E-state index contributed by atoms with van der Waals surface area (Å²) in [5, 5.41) is 0. The van der Waals surface area contributed by atoms with Crippen LogP contribution < -0.4 is 5.69 Å². The van der Waals surface area contributed by atoms with Gasteiger partial charge in [-0.1, -0.05) is 0 Å². The number of H-pyrrole nitrogens is 1. The van der Waals surface area contributed by atoms with Crippen LogP contribution in [0.2, 0.25) is 0 Å². The SMILES string of the molecule is Cc1cnc(=O)[nH]c1C1C=NC=N1. The van der Waals surface area contributed by atoms with Gasteiger partial charge in [-0.25, -0.2) is 14.8 Å². The molecule has 1 aromatic heterocycles. The Morgan fingerprint density at radius 1 is 1.54 bits per heavy atom. The van der Waals surface area contributed by atoms with Crippen LogP contribution in [0.5, 0.6) is 0 Å². The lowest BCUT2D eigenvalue weighted by atomic mass is 10.1. The smallest absolute Gasteiger partial charge is 0.307 e.